The maximum Gasteiger partial charge on any atom is 0.229 e. The van der Waals surface area contributed by atoms with E-state index in [-0.39, 0.29) is 0 Å². The molecule has 2 aromatic rings. The second kappa shape index (κ2) is 9.52. The normalized spacial score (nSPS) is 16.4. The molecule has 1 saturated heterocycles. The van der Waals surface area contributed by atoms with Gasteiger partial charge in [-0.3, -0.25) is 0 Å². The van der Waals surface area contributed by atoms with Crippen molar-refractivity contribution in [2.24, 2.45) is 5.92 Å². The highest BCUT2D eigenvalue weighted by Crippen LogP contribution is 2.23. The monoisotopic (exact) mass is 378 g/mol. The fourth-order valence-corrected chi connectivity index (χ4v) is 3.42. The standard InChI is InChI=1S/C22H30N6/c1-4-6-18-12-21(28-10-9-20(15-28)24-14-16(2)3)27-22(25-18)26-19-8-5-7-17(11-19)13-23/h5,7-8,11-12,16,20,24H,4,6,9-10,14-15H2,1-3H3,(H,25,26,27)/t20-/m0/s1. The van der Waals surface area contributed by atoms with Crippen LogP contribution < -0.4 is 15.5 Å². The van der Waals surface area contributed by atoms with Gasteiger partial charge in [0.2, 0.25) is 5.95 Å². The molecule has 6 nitrogen and oxygen atoms in total. The molecule has 0 aliphatic carbocycles. The van der Waals surface area contributed by atoms with Gasteiger partial charge >= 0.3 is 0 Å². The lowest BCUT2D eigenvalue weighted by Gasteiger charge is -2.20. The minimum absolute atomic E-state index is 0.510. The van der Waals surface area contributed by atoms with E-state index in [1.165, 1.54) is 0 Å². The Morgan fingerprint density at radius 2 is 2.14 bits per heavy atom. The largest absolute Gasteiger partial charge is 0.355 e. The van der Waals surface area contributed by atoms with Crippen molar-refractivity contribution in [2.75, 3.05) is 29.9 Å². The minimum atomic E-state index is 0.510. The van der Waals surface area contributed by atoms with E-state index in [9.17, 15) is 0 Å². The Balaban J connectivity index is 1.77. The molecule has 1 aliphatic rings. The van der Waals surface area contributed by atoms with Gasteiger partial charge in [0.05, 0.1) is 11.6 Å². The number of aryl methyl sites for hydroxylation is 1. The lowest BCUT2D eigenvalue weighted by atomic mass is 10.2. The highest BCUT2D eigenvalue weighted by Gasteiger charge is 2.24. The molecule has 3 rings (SSSR count). The van der Waals surface area contributed by atoms with Crippen LogP contribution in [0.2, 0.25) is 0 Å². The van der Waals surface area contributed by atoms with Gasteiger partial charge in [-0.15, -0.1) is 0 Å². The number of rotatable bonds is 8. The van der Waals surface area contributed by atoms with Crippen molar-refractivity contribution in [1.29, 1.82) is 5.26 Å². The van der Waals surface area contributed by atoms with Gasteiger partial charge < -0.3 is 15.5 Å². The number of aromatic nitrogens is 2. The maximum absolute atomic E-state index is 9.11. The molecule has 1 atom stereocenters. The lowest BCUT2D eigenvalue weighted by molar-refractivity contribution is 0.485. The van der Waals surface area contributed by atoms with Crippen LogP contribution in [0, 0.1) is 17.2 Å². The van der Waals surface area contributed by atoms with E-state index in [0.29, 0.717) is 23.5 Å². The number of hydrogen-bond donors (Lipinski definition) is 2. The summed E-state index contributed by atoms with van der Waals surface area (Å²) in [6.07, 6.45) is 3.09. The average Bonchev–Trinajstić information content (AvgIpc) is 3.16. The smallest absolute Gasteiger partial charge is 0.229 e. The third-order valence-corrected chi connectivity index (χ3v) is 4.85. The van der Waals surface area contributed by atoms with Crippen LogP contribution in [0.15, 0.2) is 30.3 Å². The van der Waals surface area contributed by atoms with Crippen LogP contribution in [0.1, 0.15) is 44.9 Å². The third kappa shape index (κ3) is 5.43. The fourth-order valence-electron chi connectivity index (χ4n) is 3.42. The van der Waals surface area contributed by atoms with Gasteiger partial charge in [0.15, 0.2) is 0 Å². The molecule has 0 unspecified atom stereocenters. The van der Waals surface area contributed by atoms with Crippen LogP contribution in [0.3, 0.4) is 0 Å². The Morgan fingerprint density at radius 3 is 2.89 bits per heavy atom. The molecular formula is C22H30N6. The van der Waals surface area contributed by atoms with Crippen LogP contribution in [0.4, 0.5) is 17.5 Å². The summed E-state index contributed by atoms with van der Waals surface area (Å²) >= 11 is 0. The molecule has 1 aliphatic heterocycles. The molecule has 1 aromatic carbocycles. The van der Waals surface area contributed by atoms with E-state index >= 15 is 0 Å². The van der Waals surface area contributed by atoms with E-state index in [4.69, 9.17) is 10.2 Å². The molecule has 0 radical (unpaired) electrons. The Labute approximate surface area is 168 Å². The van der Waals surface area contributed by atoms with Crippen LogP contribution in [-0.4, -0.2) is 35.6 Å². The van der Waals surface area contributed by atoms with Crippen LogP contribution in [-0.2, 0) is 6.42 Å². The Hall–Kier alpha value is -2.65. The van der Waals surface area contributed by atoms with Crippen LogP contribution in [0.5, 0.6) is 0 Å². The Morgan fingerprint density at radius 1 is 1.29 bits per heavy atom. The van der Waals surface area contributed by atoms with E-state index in [1.807, 2.05) is 18.2 Å². The minimum Gasteiger partial charge on any atom is -0.355 e. The Bertz CT molecular complexity index is 826. The molecular weight excluding hydrogens is 348 g/mol. The van der Waals surface area contributed by atoms with Crippen molar-refractivity contribution in [3.63, 3.8) is 0 Å². The molecule has 2 heterocycles. The molecule has 0 saturated carbocycles. The number of nitrogens with zero attached hydrogens (tertiary/aromatic N) is 4. The zero-order valence-corrected chi connectivity index (χ0v) is 17.1. The fraction of sp³-hybridized carbons (Fsp3) is 0.500. The van der Waals surface area contributed by atoms with E-state index in [1.54, 1.807) is 6.07 Å². The number of nitriles is 1. The van der Waals surface area contributed by atoms with Gasteiger partial charge in [-0.05, 0) is 43.5 Å². The SMILES string of the molecule is CCCc1cc(N2CC[C@H](NCC(C)C)C2)nc(Nc2cccc(C#N)c2)n1. The van der Waals surface area contributed by atoms with Gasteiger partial charge in [-0.2, -0.15) is 10.2 Å². The van der Waals surface area contributed by atoms with Gasteiger partial charge in [0.25, 0.3) is 0 Å². The topological polar surface area (TPSA) is 76.9 Å². The van der Waals surface area contributed by atoms with Gasteiger partial charge in [0, 0.05) is 36.6 Å². The second-order valence-corrected chi connectivity index (χ2v) is 7.84. The summed E-state index contributed by atoms with van der Waals surface area (Å²) in [4.78, 5) is 11.8. The molecule has 6 heteroatoms. The van der Waals surface area contributed by atoms with E-state index in [2.05, 4.69) is 53.4 Å². The predicted octanol–water partition coefficient (Wildman–Crippen LogP) is 3.87. The number of nitrogens with one attached hydrogen (secondary N) is 2. The quantitative estimate of drug-likeness (QED) is 0.726. The first kappa shape index (κ1) is 20.1. The van der Waals surface area contributed by atoms with E-state index in [0.717, 1.165) is 56.1 Å². The molecule has 0 spiro atoms. The predicted molar refractivity (Wildman–Crippen MR) is 114 cm³/mol. The van der Waals surface area contributed by atoms with Crippen molar-refractivity contribution in [1.82, 2.24) is 15.3 Å². The summed E-state index contributed by atoms with van der Waals surface area (Å²) in [5, 5.41) is 16.0. The third-order valence-electron chi connectivity index (χ3n) is 4.85. The van der Waals surface area contributed by atoms with E-state index < -0.39 is 0 Å². The summed E-state index contributed by atoms with van der Waals surface area (Å²) < 4.78 is 0. The molecule has 28 heavy (non-hydrogen) atoms. The molecule has 1 aromatic heterocycles. The number of hydrogen-bond acceptors (Lipinski definition) is 6. The van der Waals surface area contributed by atoms with Crippen molar-refractivity contribution in [3.8, 4) is 6.07 Å². The molecule has 1 fully saturated rings. The summed E-state index contributed by atoms with van der Waals surface area (Å²) in [6.45, 7) is 9.65. The zero-order valence-electron chi connectivity index (χ0n) is 17.1. The summed E-state index contributed by atoms with van der Waals surface area (Å²) in [5.41, 5.74) is 2.50. The second-order valence-electron chi connectivity index (χ2n) is 7.84. The number of anilines is 3. The highest BCUT2D eigenvalue weighted by atomic mass is 15.3. The van der Waals surface area contributed by atoms with Crippen LogP contribution >= 0.6 is 0 Å². The first-order chi connectivity index (χ1) is 13.6. The van der Waals surface area contributed by atoms with Crippen LogP contribution in [0.25, 0.3) is 0 Å². The zero-order chi connectivity index (χ0) is 19.9. The molecule has 148 valence electrons. The highest BCUT2D eigenvalue weighted by molar-refractivity contribution is 5.58. The molecule has 0 amide bonds. The lowest BCUT2D eigenvalue weighted by Crippen LogP contribution is -2.35. The van der Waals surface area contributed by atoms with Gasteiger partial charge in [-0.25, -0.2) is 4.98 Å². The summed E-state index contributed by atoms with van der Waals surface area (Å²) in [6, 6.07) is 12.2. The first-order valence-corrected chi connectivity index (χ1v) is 10.2. The molecule has 0 bridgehead atoms. The Kier molecular flexibility index (Phi) is 6.83. The summed E-state index contributed by atoms with van der Waals surface area (Å²) in [7, 11) is 0. The van der Waals surface area contributed by atoms with Gasteiger partial charge in [0.1, 0.15) is 5.82 Å². The average molecular weight is 379 g/mol. The summed E-state index contributed by atoms with van der Waals surface area (Å²) in [5.74, 6) is 2.23. The first-order valence-electron chi connectivity index (χ1n) is 10.2. The molecule has 2 N–H and O–H groups in total. The maximum atomic E-state index is 9.11. The van der Waals surface area contributed by atoms with Gasteiger partial charge in [-0.1, -0.05) is 33.3 Å². The van der Waals surface area contributed by atoms with Crippen molar-refractivity contribution in [3.05, 3.63) is 41.6 Å². The number of benzene rings is 1. The van der Waals surface area contributed by atoms with Crippen molar-refractivity contribution < 1.29 is 0 Å². The van der Waals surface area contributed by atoms with Crippen molar-refractivity contribution >= 4 is 17.5 Å². The van der Waals surface area contributed by atoms with Crippen molar-refractivity contribution in [2.45, 2.75) is 46.1 Å².